The Bertz CT molecular complexity index is 351. The van der Waals surface area contributed by atoms with E-state index in [0.29, 0.717) is 11.8 Å². The summed E-state index contributed by atoms with van der Waals surface area (Å²) in [4.78, 5) is 0. The van der Waals surface area contributed by atoms with Crippen molar-refractivity contribution in [1.82, 2.24) is 5.32 Å². The zero-order valence-electron chi connectivity index (χ0n) is 9.16. The highest BCUT2D eigenvalue weighted by Crippen LogP contribution is 2.36. The summed E-state index contributed by atoms with van der Waals surface area (Å²) in [6, 6.07) is 5.88. The average molecular weight is 207 g/mol. The molecular formula is C12H17NO2. The molecule has 0 saturated carbocycles. The second kappa shape index (κ2) is 4.11. The van der Waals surface area contributed by atoms with Crippen molar-refractivity contribution in [2.45, 2.75) is 31.9 Å². The minimum Gasteiger partial charge on any atom is -0.508 e. The molecule has 1 aromatic carbocycles. The Hall–Kier alpha value is -1.22. The van der Waals surface area contributed by atoms with Gasteiger partial charge in [0.2, 0.25) is 0 Å². The number of benzene rings is 1. The quantitative estimate of drug-likeness (QED) is 0.792. The van der Waals surface area contributed by atoms with Gasteiger partial charge in [0.1, 0.15) is 17.6 Å². The average Bonchev–Trinajstić information content (AvgIpc) is 2.62. The molecule has 82 valence electrons. The van der Waals surface area contributed by atoms with Crippen molar-refractivity contribution in [1.29, 1.82) is 0 Å². The summed E-state index contributed by atoms with van der Waals surface area (Å²) in [6.07, 6.45) is 1.97. The first-order chi connectivity index (χ1) is 7.20. The number of nitrogens with one attached hydrogen (secondary N) is 1. The number of hydrogen-bond acceptors (Lipinski definition) is 3. The van der Waals surface area contributed by atoms with Crippen molar-refractivity contribution in [3.8, 4) is 11.5 Å². The van der Waals surface area contributed by atoms with Crippen molar-refractivity contribution >= 4 is 0 Å². The van der Waals surface area contributed by atoms with Crippen LogP contribution in [0.5, 0.6) is 11.5 Å². The molecule has 3 heteroatoms. The van der Waals surface area contributed by atoms with Crippen molar-refractivity contribution in [3.63, 3.8) is 0 Å². The maximum absolute atomic E-state index is 9.64. The molecule has 0 fully saturated rings. The Kier molecular flexibility index (Phi) is 2.82. The van der Waals surface area contributed by atoms with Gasteiger partial charge >= 0.3 is 0 Å². The zero-order chi connectivity index (χ0) is 10.8. The monoisotopic (exact) mass is 207 g/mol. The number of hydrogen-bond donors (Lipinski definition) is 2. The summed E-state index contributed by atoms with van der Waals surface area (Å²) < 4.78 is 5.76. The highest BCUT2D eigenvalue weighted by atomic mass is 16.5. The van der Waals surface area contributed by atoms with Gasteiger partial charge in [-0.1, -0.05) is 6.07 Å². The van der Waals surface area contributed by atoms with Crippen molar-refractivity contribution < 1.29 is 9.84 Å². The second-order valence-electron chi connectivity index (χ2n) is 4.12. The third-order valence-corrected chi connectivity index (χ3v) is 2.94. The van der Waals surface area contributed by atoms with Crippen molar-refractivity contribution in [2.75, 3.05) is 7.05 Å². The molecule has 0 saturated heterocycles. The van der Waals surface area contributed by atoms with Crippen LogP contribution in [-0.4, -0.2) is 24.3 Å². The van der Waals surface area contributed by atoms with E-state index in [0.717, 1.165) is 24.2 Å². The van der Waals surface area contributed by atoms with E-state index in [1.165, 1.54) is 0 Å². The minimum atomic E-state index is 0.191. The number of phenolic OH excluding ortho intramolecular Hbond substituents is 1. The van der Waals surface area contributed by atoms with Gasteiger partial charge in [-0.3, -0.25) is 0 Å². The standard InChI is InChI=1S/C12H17NO2/c1-8(13-2)6-9-7-10-11(14)4-3-5-12(10)15-9/h3-5,8-9,13-14H,6-7H2,1-2H3. The van der Waals surface area contributed by atoms with Crippen LogP contribution < -0.4 is 10.1 Å². The van der Waals surface area contributed by atoms with E-state index < -0.39 is 0 Å². The van der Waals surface area contributed by atoms with Gasteiger partial charge in [-0.15, -0.1) is 0 Å². The molecule has 15 heavy (non-hydrogen) atoms. The SMILES string of the molecule is CNC(C)CC1Cc2c(O)cccc2O1. The fourth-order valence-electron chi connectivity index (χ4n) is 1.96. The van der Waals surface area contributed by atoms with Crippen LogP contribution in [0, 0.1) is 0 Å². The first kappa shape index (κ1) is 10.3. The van der Waals surface area contributed by atoms with E-state index in [2.05, 4.69) is 12.2 Å². The third-order valence-electron chi connectivity index (χ3n) is 2.94. The topological polar surface area (TPSA) is 41.5 Å². The van der Waals surface area contributed by atoms with Gasteiger partial charge in [-0.25, -0.2) is 0 Å². The molecule has 1 heterocycles. The second-order valence-corrected chi connectivity index (χ2v) is 4.12. The summed E-state index contributed by atoms with van der Waals surface area (Å²) >= 11 is 0. The maximum Gasteiger partial charge on any atom is 0.126 e. The minimum absolute atomic E-state index is 0.191. The lowest BCUT2D eigenvalue weighted by atomic mass is 10.0. The van der Waals surface area contributed by atoms with E-state index in [1.54, 1.807) is 6.07 Å². The van der Waals surface area contributed by atoms with Crippen LogP contribution in [0.15, 0.2) is 18.2 Å². The van der Waals surface area contributed by atoms with Crippen LogP contribution in [0.3, 0.4) is 0 Å². The van der Waals surface area contributed by atoms with Gasteiger partial charge < -0.3 is 15.2 Å². The van der Waals surface area contributed by atoms with Crippen LogP contribution >= 0.6 is 0 Å². The summed E-state index contributed by atoms with van der Waals surface area (Å²) in [5.41, 5.74) is 0.950. The van der Waals surface area contributed by atoms with Crippen LogP contribution in [0.25, 0.3) is 0 Å². The summed E-state index contributed by atoms with van der Waals surface area (Å²) in [5.74, 6) is 1.19. The number of ether oxygens (including phenoxy) is 1. The lowest BCUT2D eigenvalue weighted by Gasteiger charge is -2.15. The highest BCUT2D eigenvalue weighted by Gasteiger charge is 2.26. The van der Waals surface area contributed by atoms with E-state index in [1.807, 2.05) is 19.2 Å². The van der Waals surface area contributed by atoms with E-state index in [4.69, 9.17) is 4.74 Å². The molecule has 0 bridgehead atoms. The molecule has 2 unspecified atom stereocenters. The lowest BCUT2D eigenvalue weighted by Crippen LogP contribution is -2.28. The van der Waals surface area contributed by atoms with E-state index in [9.17, 15) is 5.11 Å². The largest absolute Gasteiger partial charge is 0.508 e. The number of phenols is 1. The molecule has 0 aliphatic carbocycles. The molecular weight excluding hydrogens is 190 g/mol. The van der Waals surface area contributed by atoms with Gasteiger partial charge in [0, 0.05) is 18.0 Å². The molecule has 1 aromatic rings. The Labute approximate surface area is 90.1 Å². The third kappa shape index (κ3) is 2.07. The molecule has 3 nitrogen and oxygen atoms in total. The Morgan fingerprint density at radius 1 is 1.60 bits per heavy atom. The van der Waals surface area contributed by atoms with Crippen LogP contribution in [0.1, 0.15) is 18.9 Å². The fourth-order valence-corrected chi connectivity index (χ4v) is 1.96. The Morgan fingerprint density at radius 3 is 3.07 bits per heavy atom. The summed E-state index contributed by atoms with van der Waals surface area (Å²) in [7, 11) is 1.95. The summed E-state index contributed by atoms with van der Waals surface area (Å²) in [6.45, 7) is 2.13. The fraction of sp³-hybridized carbons (Fsp3) is 0.500. The first-order valence-corrected chi connectivity index (χ1v) is 5.35. The predicted molar refractivity (Wildman–Crippen MR) is 59.4 cm³/mol. The number of fused-ring (bicyclic) bond motifs is 1. The van der Waals surface area contributed by atoms with E-state index >= 15 is 0 Å². The number of aromatic hydroxyl groups is 1. The van der Waals surface area contributed by atoms with Gasteiger partial charge in [0.15, 0.2) is 0 Å². The molecule has 0 aromatic heterocycles. The lowest BCUT2D eigenvalue weighted by molar-refractivity contribution is 0.207. The zero-order valence-corrected chi connectivity index (χ0v) is 9.16. The maximum atomic E-state index is 9.64. The molecule has 2 N–H and O–H groups in total. The molecule has 1 aliphatic rings. The predicted octanol–water partition coefficient (Wildman–Crippen LogP) is 1.69. The van der Waals surface area contributed by atoms with E-state index in [-0.39, 0.29) is 6.10 Å². The molecule has 0 radical (unpaired) electrons. The van der Waals surface area contributed by atoms with Gasteiger partial charge in [0.25, 0.3) is 0 Å². The molecule has 1 aliphatic heterocycles. The highest BCUT2D eigenvalue weighted by molar-refractivity contribution is 5.46. The van der Waals surface area contributed by atoms with Crippen LogP contribution in [-0.2, 0) is 6.42 Å². The smallest absolute Gasteiger partial charge is 0.126 e. The van der Waals surface area contributed by atoms with Crippen molar-refractivity contribution in [3.05, 3.63) is 23.8 Å². The van der Waals surface area contributed by atoms with Crippen LogP contribution in [0.4, 0.5) is 0 Å². The normalized spacial score (nSPS) is 20.8. The number of rotatable bonds is 3. The first-order valence-electron chi connectivity index (χ1n) is 5.35. The van der Waals surface area contributed by atoms with Crippen molar-refractivity contribution in [2.24, 2.45) is 0 Å². The molecule has 0 amide bonds. The summed E-state index contributed by atoms with van der Waals surface area (Å²) in [5, 5.41) is 12.8. The van der Waals surface area contributed by atoms with Gasteiger partial charge in [0.05, 0.1) is 0 Å². The van der Waals surface area contributed by atoms with Crippen LogP contribution in [0.2, 0.25) is 0 Å². The van der Waals surface area contributed by atoms with Gasteiger partial charge in [-0.05, 0) is 32.5 Å². The molecule has 2 atom stereocenters. The molecule has 2 rings (SSSR count). The molecule has 0 spiro atoms. The van der Waals surface area contributed by atoms with Gasteiger partial charge in [-0.2, -0.15) is 0 Å². The Balaban J connectivity index is 2.06. The Morgan fingerprint density at radius 2 is 2.40 bits per heavy atom.